The van der Waals surface area contributed by atoms with Crippen molar-refractivity contribution < 1.29 is 8.42 Å². The fourth-order valence-corrected chi connectivity index (χ4v) is 3.64. The van der Waals surface area contributed by atoms with Crippen molar-refractivity contribution in [1.29, 1.82) is 0 Å². The number of rotatable bonds is 7. The topological polar surface area (TPSA) is 58.2 Å². The number of sulfonamides is 1. The van der Waals surface area contributed by atoms with Crippen LogP contribution >= 0.6 is 0 Å². The van der Waals surface area contributed by atoms with Gasteiger partial charge in [-0.15, -0.1) is 0 Å². The molecule has 0 aliphatic heterocycles. The summed E-state index contributed by atoms with van der Waals surface area (Å²) in [6.07, 6.45) is 1.80. The highest BCUT2D eigenvalue weighted by molar-refractivity contribution is 7.89. The maximum Gasteiger partial charge on any atom is 0.241 e. The van der Waals surface area contributed by atoms with Gasteiger partial charge in [0.15, 0.2) is 0 Å². The summed E-state index contributed by atoms with van der Waals surface area (Å²) in [6, 6.07) is 5.50. The van der Waals surface area contributed by atoms with E-state index in [4.69, 9.17) is 0 Å². The lowest BCUT2D eigenvalue weighted by Gasteiger charge is -2.15. The van der Waals surface area contributed by atoms with Crippen LogP contribution in [0, 0.1) is 6.92 Å². The minimum atomic E-state index is -3.43. The molecule has 1 rings (SSSR count). The van der Waals surface area contributed by atoms with Crippen LogP contribution in [0.2, 0.25) is 0 Å². The lowest BCUT2D eigenvalue weighted by molar-refractivity contribution is 0.543. The van der Waals surface area contributed by atoms with E-state index in [1.807, 2.05) is 40.0 Å². The Hall–Kier alpha value is -0.910. The van der Waals surface area contributed by atoms with Crippen LogP contribution in [-0.4, -0.2) is 21.5 Å². The Morgan fingerprint density at radius 3 is 2.58 bits per heavy atom. The van der Waals surface area contributed by atoms with Gasteiger partial charge in [-0.3, -0.25) is 0 Å². The third-order valence-corrected chi connectivity index (χ3v) is 4.73. The Morgan fingerprint density at radius 1 is 1.32 bits per heavy atom. The molecule has 1 aromatic rings. The third-order valence-electron chi connectivity index (χ3n) is 3.00. The normalized spacial score (nSPS) is 13.5. The maximum atomic E-state index is 12.4. The van der Waals surface area contributed by atoms with E-state index >= 15 is 0 Å². The van der Waals surface area contributed by atoms with E-state index in [-0.39, 0.29) is 6.04 Å². The summed E-state index contributed by atoms with van der Waals surface area (Å²) >= 11 is 0. The molecule has 0 amide bonds. The Balaban J connectivity index is 3.02. The van der Waals surface area contributed by atoms with Crippen LogP contribution in [0.5, 0.6) is 0 Å². The van der Waals surface area contributed by atoms with Gasteiger partial charge in [0.05, 0.1) is 4.90 Å². The zero-order valence-electron chi connectivity index (χ0n) is 12.2. The van der Waals surface area contributed by atoms with Crippen molar-refractivity contribution in [1.82, 2.24) is 10.0 Å². The molecule has 0 heterocycles. The molecule has 19 heavy (non-hydrogen) atoms. The van der Waals surface area contributed by atoms with E-state index in [0.717, 1.165) is 24.0 Å². The van der Waals surface area contributed by atoms with Gasteiger partial charge >= 0.3 is 0 Å². The minimum absolute atomic E-state index is 0.0395. The minimum Gasteiger partial charge on any atom is -0.316 e. The van der Waals surface area contributed by atoms with Crippen LogP contribution in [0.25, 0.3) is 0 Å². The van der Waals surface area contributed by atoms with E-state index in [2.05, 4.69) is 10.0 Å². The molecule has 0 fully saturated rings. The fraction of sp³-hybridized carbons (Fsp3) is 0.571. The first-order valence-corrected chi connectivity index (χ1v) is 8.15. The van der Waals surface area contributed by atoms with Gasteiger partial charge in [0.25, 0.3) is 0 Å². The summed E-state index contributed by atoms with van der Waals surface area (Å²) in [6.45, 7) is 6.42. The van der Waals surface area contributed by atoms with Crippen LogP contribution in [0.4, 0.5) is 0 Å². The average molecular weight is 284 g/mol. The molecular weight excluding hydrogens is 260 g/mol. The number of hydrogen-bond donors (Lipinski definition) is 2. The number of nitrogens with one attached hydrogen (secondary N) is 2. The van der Waals surface area contributed by atoms with Gasteiger partial charge in [-0.25, -0.2) is 13.1 Å². The first-order valence-electron chi connectivity index (χ1n) is 6.67. The van der Waals surface area contributed by atoms with E-state index in [0.29, 0.717) is 11.4 Å². The van der Waals surface area contributed by atoms with Gasteiger partial charge in [-0.2, -0.15) is 0 Å². The quantitative estimate of drug-likeness (QED) is 0.807. The summed E-state index contributed by atoms with van der Waals surface area (Å²) in [5.74, 6) is 0. The van der Waals surface area contributed by atoms with Crippen molar-refractivity contribution in [3.63, 3.8) is 0 Å². The number of hydrogen-bond acceptors (Lipinski definition) is 3. The zero-order chi connectivity index (χ0) is 14.5. The van der Waals surface area contributed by atoms with E-state index in [1.54, 1.807) is 6.07 Å². The van der Waals surface area contributed by atoms with Crippen LogP contribution < -0.4 is 10.0 Å². The van der Waals surface area contributed by atoms with Crippen molar-refractivity contribution >= 4 is 10.0 Å². The molecular formula is C14H24N2O2S. The van der Waals surface area contributed by atoms with Gasteiger partial charge in [-0.1, -0.05) is 25.5 Å². The van der Waals surface area contributed by atoms with E-state index < -0.39 is 10.0 Å². The molecule has 5 heteroatoms. The first-order chi connectivity index (χ1) is 8.90. The third kappa shape index (κ3) is 4.60. The van der Waals surface area contributed by atoms with Crippen LogP contribution in [0.1, 0.15) is 37.8 Å². The van der Waals surface area contributed by atoms with Gasteiger partial charge < -0.3 is 5.32 Å². The molecule has 0 spiro atoms. The van der Waals surface area contributed by atoms with Crippen LogP contribution in [0.3, 0.4) is 0 Å². The molecule has 0 aromatic heterocycles. The smallest absolute Gasteiger partial charge is 0.241 e. The molecule has 0 radical (unpaired) electrons. The molecule has 0 bridgehead atoms. The first kappa shape index (κ1) is 16.1. The standard InChI is InChI=1S/C14H24N2O2S/c1-5-6-12(3)16-19(17,18)14-9-13(10-15-4)8-7-11(14)2/h7-9,12,15-16H,5-6,10H2,1-4H3. The highest BCUT2D eigenvalue weighted by Gasteiger charge is 2.19. The highest BCUT2D eigenvalue weighted by atomic mass is 32.2. The number of aryl methyl sites for hydroxylation is 1. The van der Waals surface area contributed by atoms with Crippen molar-refractivity contribution in [3.8, 4) is 0 Å². The largest absolute Gasteiger partial charge is 0.316 e. The predicted molar refractivity (Wildman–Crippen MR) is 78.6 cm³/mol. The molecule has 0 saturated heterocycles. The van der Waals surface area contributed by atoms with Crippen molar-refractivity contribution in [2.75, 3.05) is 7.05 Å². The van der Waals surface area contributed by atoms with Gasteiger partial charge in [0.2, 0.25) is 10.0 Å². The van der Waals surface area contributed by atoms with E-state index in [9.17, 15) is 8.42 Å². The Bertz CT molecular complexity index is 512. The van der Waals surface area contributed by atoms with Crippen molar-refractivity contribution in [2.45, 2.75) is 51.1 Å². The Labute approximate surface area is 116 Å². The summed E-state index contributed by atoms with van der Waals surface area (Å²) in [7, 11) is -1.59. The lowest BCUT2D eigenvalue weighted by Crippen LogP contribution is -2.33. The second-order valence-electron chi connectivity index (χ2n) is 4.94. The zero-order valence-corrected chi connectivity index (χ0v) is 13.0. The molecule has 0 aliphatic rings. The predicted octanol–water partition coefficient (Wildman–Crippen LogP) is 2.18. The van der Waals surface area contributed by atoms with Gasteiger partial charge in [-0.05, 0) is 44.5 Å². The van der Waals surface area contributed by atoms with Crippen molar-refractivity contribution in [2.24, 2.45) is 0 Å². The maximum absolute atomic E-state index is 12.4. The molecule has 1 unspecified atom stereocenters. The summed E-state index contributed by atoms with van der Waals surface area (Å²) in [4.78, 5) is 0.378. The molecule has 4 nitrogen and oxygen atoms in total. The fourth-order valence-electron chi connectivity index (χ4n) is 2.07. The Morgan fingerprint density at radius 2 is 2.00 bits per heavy atom. The average Bonchev–Trinajstić information content (AvgIpc) is 2.31. The molecule has 1 atom stereocenters. The SMILES string of the molecule is CCCC(C)NS(=O)(=O)c1cc(CNC)ccc1C. The second kappa shape index (κ2) is 7.03. The molecule has 1 aromatic carbocycles. The molecule has 108 valence electrons. The van der Waals surface area contributed by atoms with Gasteiger partial charge in [0, 0.05) is 12.6 Å². The lowest BCUT2D eigenvalue weighted by atomic mass is 10.1. The highest BCUT2D eigenvalue weighted by Crippen LogP contribution is 2.18. The van der Waals surface area contributed by atoms with Crippen molar-refractivity contribution in [3.05, 3.63) is 29.3 Å². The second-order valence-corrected chi connectivity index (χ2v) is 6.62. The number of benzene rings is 1. The van der Waals surface area contributed by atoms with Crippen LogP contribution in [0.15, 0.2) is 23.1 Å². The van der Waals surface area contributed by atoms with E-state index in [1.165, 1.54) is 0 Å². The van der Waals surface area contributed by atoms with Gasteiger partial charge in [0.1, 0.15) is 0 Å². The molecule has 0 aliphatic carbocycles. The monoisotopic (exact) mass is 284 g/mol. The van der Waals surface area contributed by atoms with Crippen LogP contribution in [-0.2, 0) is 16.6 Å². The summed E-state index contributed by atoms with van der Waals surface area (Å²) in [5.41, 5.74) is 1.74. The molecule has 0 saturated carbocycles. The Kier molecular flexibility index (Phi) is 5.97. The molecule has 2 N–H and O–H groups in total. The summed E-state index contributed by atoms with van der Waals surface area (Å²) < 4.78 is 27.5. The summed E-state index contributed by atoms with van der Waals surface area (Å²) in [5, 5.41) is 3.03.